The van der Waals surface area contributed by atoms with Crippen molar-refractivity contribution in [3.63, 3.8) is 0 Å². The maximum Gasteiger partial charge on any atom is 0.261 e. The normalized spacial score (nSPS) is 17.3. The lowest BCUT2D eigenvalue weighted by atomic mass is 10.1. The third-order valence-corrected chi connectivity index (χ3v) is 5.65. The van der Waals surface area contributed by atoms with Crippen LogP contribution >= 0.6 is 27.3 Å². The van der Waals surface area contributed by atoms with Crippen LogP contribution in [0, 0.1) is 6.92 Å². The number of fused-ring (bicyclic) bond motifs is 1. The van der Waals surface area contributed by atoms with E-state index in [2.05, 4.69) is 39.4 Å². The zero-order valence-electron chi connectivity index (χ0n) is 10.6. The molecule has 3 rings (SSSR count). The molecule has 0 bridgehead atoms. The molecule has 1 atom stereocenters. The molecule has 2 nitrogen and oxygen atoms in total. The molecular weight excluding hydrogens is 322 g/mol. The molecule has 1 amide bonds. The topological polar surface area (TPSA) is 29.1 Å². The Hall–Kier alpha value is -1.13. The van der Waals surface area contributed by atoms with Crippen molar-refractivity contribution in [2.75, 3.05) is 0 Å². The Labute approximate surface area is 125 Å². The zero-order valence-corrected chi connectivity index (χ0v) is 13.0. The second-order valence-corrected chi connectivity index (χ2v) is 7.20. The van der Waals surface area contributed by atoms with E-state index in [1.807, 2.05) is 19.1 Å². The highest BCUT2D eigenvalue weighted by Gasteiger charge is 2.24. The van der Waals surface area contributed by atoms with Crippen molar-refractivity contribution in [2.24, 2.45) is 0 Å². The Morgan fingerprint density at radius 2 is 2.21 bits per heavy atom. The molecule has 0 saturated heterocycles. The summed E-state index contributed by atoms with van der Waals surface area (Å²) in [6.07, 6.45) is 2.05. The molecule has 0 aliphatic heterocycles. The second-order valence-electron chi connectivity index (χ2n) is 4.83. The average Bonchev–Trinajstić information content (AvgIpc) is 2.95. The van der Waals surface area contributed by atoms with E-state index in [4.69, 9.17) is 0 Å². The van der Waals surface area contributed by atoms with Crippen LogP contribution in [0.5, 0.6) is 0 Å². The third-order valence-electron chi connectivity index (χ3n) is 3.52. The van der Waals surface area contributed by atoms with Gasteiger partial charge in [0.25, 0.3) is 5.91 Å². The summed E-state index contributed by atoms with van der Waals surface area (Å²) in [5.41, 5.74) is 3.74. The monoisotopic (exact) mass is 335 g/mol. The first-order valence-corrected chi connectivity index (χ1v) is 7.90. The molecule has 1 aliphatic rings. The fourth-order valence-electron chi connectivity index (χ4n) is 2.51. The number of carbonyl (C=O) groups is 1. The molecule has 1 unspecified atom stereocenters. The Morgan fingerprint density at radius 1 is 1.42 bits per heavy atom. The van der Waals surface area contributed by atoms with E-state index in [9.17, 15) is 4.79 Å². The van der Waals surface area contributed by atoms with Crippen molar-refractivity contribution in [3.05, 3.63) is 55.7 Å². The van der Waals surface area contributed by atoms with Gasteiger partial charge < -0.3 is 5.32 Å². The second kappa shape index (κ2) is 5.10. The molecule has 98 valence electrons. The lowest BCUT2D eigenvalue weighted by molar-refractivity contribution is 0.0941. The molecule has 19 heavy (non-hydrogen) atoms. The van der Waals surface area contributed by atoms with Gasteiger partial charge in [0.05, 0.1) is 14.7 Å². The quantitative estimate of drug-likeness (QED) is 0.873. The number of carbonyl (C=O) groups excluding carboxylic acids is 1. The molecule has 0 spiro atoms. The first-order chi connectivity index (χ1) is 9.15. The number of aryl methyl sites for hydroxylation is 2. The minimum Gasteiger partial charge on any atom is -0.345 e. The molecule has 1 aromatic carbocycles. The Kier molecular flexibility index (Phi) is 3.46. The van der Waals surface area contributed by atoms with Gasteiger partial charge in [-0.1, -0.05) is 24.3 Å². The van der Waals surface area contributed by atoms with Crippen molar-refractivity contribution in [3.8, 4) is 0 Å². The van der Waals surface area contributed by atoms with Gasteiger partial charge >= 0.3 is 0 Å². The van der Waals surface area contributed by atoms with E-state index in [0.29, 0.717) is 0 Å². The number of rotatable bonds is 2. The number of amides is 1. The fourth-order valence-corrected chi connectivity index (χ4v) is 3.95. The molecular formula is C15H14BrNOS. The average molecular weight is 336 g/mol. The molecule has 1 heterocycles. The van der Waals surface area contributed by atoms with E-state index in [1.165, 1.54) is 22.5 Å². The third kappa shape index (κ3) is 2.47. The molecule has 2 aromatic rings. The summed E-state index contributed by atoms with van der Waals surface area (Å²) in [4.78, 5) is 13.0. The van der Waals surface area contributed by atoms with Gasteiger partial charge in [-0.05, 0) is 58.5 Å². The van der Waals surface area contributed by atoms with Crippen molar-refractivity contribution >= 4 is 33.2 Å². The summed E-state index contributed by atoms with van der Waals surface area (Å²) in [5.74, 6) is 0.0282. The first kappa shape index (κ1) is 12.9. The van der Waals surface area contributed by atoms with Crippen LogP contribution in [-0.2, 0) is 6.42 Å². The van der Waals surface area contributed by atoms with Gasteiger partial charge in [-0.25, -0.2) is 0 Å². The van der Waals surface area contributed by atoms with Gasteiger partial charge in [0, 0.05) is 0 Å². The fraction of sp³-hybridized carbons (Fsp3) is 0.267. The minimum atomic E-state index is 0.0282. The van der Waals surface area contributed by atoms with Crippen LogP contribution in [0.1, 0.15) is 38.8 Å². The molecule has 0 radical (unpaired) electrons. The predicted octanol–water partition coefficient (Wildman–Crippen LogP) is 4.24. The van der Waals surface area contributed by atoms with Gasteiger partial charge in [0.2, 0.25) is 0 Å². The lowest BCUT2D eigenvalue weighted by Gasteiger charge is -2.13. The van der Waals surface area contributed by atoms with Gasteiger partial charge in [-0.3, -0.25) is 4.79 Å². The highest BCUT2D eigenvalue weighted by molar-refractivity contribution is 9.11. The smallest absolute Gasteiger partial charge is 0.261 e. The molecule has 0 fully saturated rings. The summed E-state index contributed by atoms with van der Waals surface area (Å²) in [6.45, 7) is 2.00. The SMILES string of the molecule is Cc1cc(C(=O)NC2CCc3ccccc32)sc1Br. The Morgan fingerprint density at radius 3 is 2.95 bits per heavy atom. The summed E-state index contributed by atoms with van der Waals surface area (Å²) in [5, 5.41) is 3.14. The van der Waals surface area contributed by atoms with Crippen molar-refractivity contribution in [1.29, 1.82) is 0 Å². The Bertz CT molecular complexity index is 615. The maximum absolute atomic E-state index is 12.3. The largest absolute Gasteiger partial charge is 0.345 e. The standard InChI is InChI=1S/C15H14BrNOS/c1-9-8-13(19-14(9)16)15(18)17-12-7-6-10-4-2-3-5-11(10)12/h2-5,8,12H,6-7H2,1H3,(H,17,18). The summed E-state index contributed by atoms with van der Waals surface area (Å²) in [6, 6.07) is 10.4. The van der Waals surface area contributed by atoms with E-state index < -0.39 is 0 Å². The van der Waals surface area contributed by atoms with Crippen LogP contribution in [0.3, 0.4) is 0 Å². The van der Waals surface area contributed by atoms with Gasteiger partial charge in [-0.2, -0.15) is 0 Å². The van der Waals surface area contributed by atoms with Crippen LogP contribution in [0.2, 0.25) is 0 Å². The van der Waals surface area contributed by atoms with Gasteiger partial charge in [0.15, 0.2) is 0 Å². The number of hydrogen-bond donors (Lipinski definition) is 1. The molecule has 1 N–H and O–H groups in total. The number of benzene rings is 1. The van der Waals surface area contributed by atoms with Crippen molar-refractivity contribution < 1.29 is 4.79 Å². The van der Waals surface area contributed by atoms with E-state index in [0.717, 1.165) is 27.1 Å². The molecule has 1 aliphatic carbocycles. The number of nitrogens with one attached hydrogen (secondary N) is 1. The predicted molar refractivity (Wildman–Crippen MR) is 81.7 cm³/mol. The highest BCUT2D eigenvalue weighted by atomic mass is 79.9. The maximum atomic E-state index is 12.3. The number of thiophene rings is 1. The van der Waals surface area contributed by atoms with Crippen molar-refractivity contribution in [1.82, 2.24) is 5.32 Å². The van der Waals surface area contributed by atoms with Crippen LogP contribution in [-0.4, -0.2) is 5.91 Å². The summed E-state index contributed by atoms with van der Waals surface area (Å²) < 4.78 is 1.03. The molecule has 1 aromatic heterocycles. The first-order valence-electron chi connectivity index (χ1n) is 6.30. The van der Waals surface area contributed by atoms with Gasteiger partial charge in [-0.15, -0.1) is 11.3 Å². The van der Waals surface area contributed by atoms with Crippen LogP contribution in [0.4, 0.5) is 0 Å². The van der Waals surface area contributed by atoms with E-state index >= 15 is 0 Å². The summed E-state index contributed by atoms with van der Waals surface area (Å²) >= 11 is 4.95. The Balaban J connectivity index is 1.78. The van der Waals surface area contributed by atoms with Gasteiger partial charge in [0.1, 0.15) is 0 Å². The van der Waals surface area contributed by atoms with Crippen LogP contribution in [0.15, 0.2) is 34.1 Å². The van der Waals surface area contributed by atoms with E-state index in [-0.39, 0.29) is 11.9 Å². The van der Waals surface area contributed by atoms with Crippen LogP contribution < -0.4 is 5.32 Å². The van der Waals surface area contributed by atoms with Crippen molar-refractivity contribution in [2.45, 2.75) is 25.8 Å². The number of halogens is 1. The van der Waals surface area contributed by atoms with E-state index in [1.54, 1.807) is 0 Å². The minimum absolute atomic E-state index is 0.0282. The van der Waals surface area contributed by atoms with Crippen LogP contribution in [0.25, 0.3) is 0 Å². The highest BCUT2D eigenvalue weighted by Crippen LogP contribution is 2.32. The lowest BCUT2D eigenvalue weighted by Crippen LogP contribution is -2.26. The molecule has 4 heteroatoms. The number of hydrogen-bond acceptors (Lipinski definition) is 2. The summed E-state index contributed by atoms with van der Waals surface area (Å²) in [7, 11) is 0. The molecule has 0 saturated carbocycles. The zero-order chi connectivity index (χ0) is 13.4.